The summed E-state index contributed by atoms with van der Waals surface area (Å²) in [6.07, 6.45) is -4.90. The minimum atomic E-state index is -1.40. The number of urea groups is 1. The van der Waals surface area contributed by atoms with Crippen LogP contribution in [0.1, 0.15) is 0 Å². The third-order valence-electron chi connectivity index (χ3n) is 2.95. The first kappa shape index (κ1) is 13.9. The van der Waals surface area contributed by atoms with Gasteiger partial charge in [-0.3, -0.25) is 15.1 Å². The lowest BCUT2D eigenvalue weighted by atomic mass is 10.1. The number of guanidine groups is 1. The number of rotatable bonds is 2. The van der Waals surface area contributed by atoms with Gasteiger partial charge in [0.15, 0.2) is 6.23 Å². The lowest BCUT2D eigenvalue weighted by molar-refractivity contribution is -0.0889. The number of aliphatic imine (C=N–C) groups is 1. The Kier molecular flexibility index (Phi) is 3.84. The number of nitrogens with two attached hydrogens (primary N) is 1. The second kappa shape index (κ2) is 5.24. The minimum Gasteiger partial charge on any atom is -0.394 e. The van der Waals surface area contributed by atoms with Crippen LogP contribution in [-0.2, 0) is 4.74 Å². The highest BCUT2D eigenvalue weighted by Gasteiger charge is 2.47. The molecular formula is C8H15N5O6. The fourth-order valence-electron chi connectivity index (χ4n) is 1.93. The molecule has 2 unspecified atom stereocenters. The van der Waals surface area contributed by atoms with E-state index in [4.69, 9.17) is 20.9 Å². The molecule has 0 radical (unpaired) electrons. The summed E-state index contributed by atoms with van der Waals surface area (Å²) in [7, 11) is 0. The predicted octanol–water partition coefficient (Wildman–Crippen LogP) is -3.67. The number of carbonyl (C=O) groups is 1. The van der Waals surface area contributed by atoms with Gasteiger partial charge in [0.25, 0.3) is 0 Å². The first-order valence-corrected chi connectivity index (χ1v) is 5.43. The topological polar surface area (TPSA) is 164 Å². The van der Waals surface area contributed by atoms with E-state index >= 15 is 0 Å². The number of carbonyl (C=O) groups excluding carboxylic acids is 1. The molecule has 1 saturated heterocycles. The Morgan fingerprint density at radius 1 is 1.47 bits per heavy atom. The highest BCUT2D eigenvalue weighted by Crippen LogP contribution is 2.25. The van der Waals surface area contributed by atoms with Crippen LogP contribution >= 0.6 is 0 Å². The molecule has 7 N–H and O–H groups in total. The average molecular weight is 277 g/mol. The van der Waals surface area contributed by atoms with E-state index in [1.165, 1.54) is 0 Å². The maximum absolute atomic E-state index is 11.7. The summed E-state index contributed by atoms with van der Waals surface area (Å²) < 4.78 is 5.18. The Balaban J connectivity index is 2.15. The van der Waals surface area contributed by atoms with Gasteiger partial charge in [0.05, 0.1) is 6.61 Å². The first-order chi connectivity index (χ1) is 8.99. The molecular weight excluding hydrogens is 262 g/mol. The SMILES string of the molecule is NN1CN([C@@H]2O[C@H](CO)C(O)C2O)C(=O)N=C1NO. The number of hydrogen-bond donors (Lipinski definition) is 6. The summed E-state index contributed by atoms with van der Waals surface area (Å²) in [5.74, 6) is 5.24. The molecule has 2 rings (SSSR count). The standard InChI is InChI=1S/C8H15N5O6/c9-13-2-12(8(17)10-7(13)11-18)6-5(16)4(15)3(1-14)19-6/h3-6,14-16,18H,1-2,9H2,(H,10,11,17)/t3-,4?,5?,6-/m1/s1. The van der Waals surface area contributed by atoms with Crippen LogP contribution in [-0.4, -0.2) is 80.2 Å². The smallest absolute Gasteiger partial charge is 0.350 e. The number of nitrogens with zero attached hydrogens (tertiary/aromatic N) is 3. The van der Waals surface area contributed by atoms with Gasteiger partial charge in [0, 0.05) is 0 Å². The van der Waals surface area contributed by atoms with Crippen LogP contribution in [0.15, 0.2) is 4.99 Å². The normalized spacial score (nSPS) is 35.6. The van der Waals surface area contributed by atoms with E-state index in [1.807, 2.05) is 0 Å². The van der Waals surface area contributed by atoms with Crippen molar-refractivity contribution in [2.24, 2.45) is 10.8 Å². The van der Waals surface area contributed by atoms with E-state index in [0.717, 1.165) is 9.91 Å². The molecule has 4 atom stereocenters. The summed E-state index contributed by atoms with van der Waals surface area (Å²) in [5.41, 5.74) is 1.65. The second-order valence-corrected chi connectivity index (χ2v) is 4.14. The zero-order chi connectivity index (χ0) is 14.2. The highest BCUT2D eigenvalue weighted by molar-refractivity contribution is 5.93. The molecule has 0 aromatic carbocycles. The number of hydrazine groups is 1. The van der Waals surface area contributed by atoms with Crippen molar-refractivity contribution in [3.05, 3.63) is 0 Å². The van der Waals surface area contributed by atoms with E-state index < -0.39 is 37.2 Å². The predicted molar refractivity (Wildman–Crippen MR) is 58.2 cm³/mol. The largest absolute Gasteiger partial charge is 0.394 e. The summed E-state index contributed by atoms with van der Waals surface area (Å²) in [6.45, 7) is -0.729. The van der Waals surface area contributed by atoms with Crippen molar-refractivity contribution in [3.8, 4) is 0 Å². The zero-order valence-corrected chi connectivity index (χ0v) is 9.75. The molecule has 0 saturated carbocycles. The number of aliphatic hydroxyl groups excluding tert-OH is 3. The average Bonchev–Trinajstić information content (AvgIpc) is 2.68. The van der Waals surface area contributed by atoms with E-state index in [1.54, 1.807) is 5.48 Å². The molecule has 2 heterocycles. The summed E-state index contributed by atoms with van der Waals surface area (Å²) in [5, 5.41) is 37.9. The van der Waals surface area contributed by atoms with Crippen LogP contribution < -0.4 is 11.3 Å². The molecule has 0 spiro atoms. The summed E-state index contributed by atoms with van der Waals surface area (Å²) in [6, 6.07) is -0.812. The Hall–Kier alpha value is -1.50. The lowest BCUT2D eigenvalue weighted by Gasteiger charge is -2.35. The lowest BCUT2D eigenvalue weighted by Crippen LogP contribution is -2.59. The van der Waals surface area contributed by atoms with Crippen molar-refractivity contribution in [3.63, 3.8) is 0 Å². The Morgan fingerprint density at radius 3 is 2.68 bits per heavy atom. The molecule has 108 valence electrons. The van der Waals surface area contributed by atoms with E-state index in [0.29, 0.717) is 0 Å². The Morgan fingerprint density at radius 2 is 2.16 bits per heavy atom. The van der Waals surface area contributed by atoms with E-state index in [2.05, 4.69) is 4.99 Å². The second-order valence-electron chi connectivity index (χ2n) is 4.14. The number of amides is 2. The van der Waals surface area contributed by atoms with Crippen LogP contribution in [0.5, 0.6) is 0 Å². The fourth-order valence-corrected chi connectivity index (χ4v) is 1.93. The molecule has 0 aromatic rings. The molecule has 0 bridgehead atoms. The van der Waals surface area contributed by atoms with Gasteiger partial charge in [-0.2, -0.15) is 4.99 Å². The molecule has 2 amide bonds. The molecule has 0 aromatic heterocycles. The molecule has 19 heavy (non-hydrogen) atoms. The van der Waals surface area contributed by atoms with Gasteiger partial charge in [-0.1, -0.05) is 0 Å². The van der Waals surface area contributed by atoms with Gasteiger partial charge in [0.1, 0.15) is 25.0 Å². The summed E-state index contributed by atoms with van der Waals surface area (Å²) in [4.78, 5) is 16.1. The zero-order valence-electron chi connectivity index (χ0n) is 9.75. The van der Waals surface area contributed by atoms with Gasteiger partial charge < -0.3 is 20.1 Å². The quantitative estimate of drug-likeness (QED) is 0.220. The van der Waals surface area contributed by atoms with Crippen molar-refractivity contribution >= 4 is 12.0 Å². The van der Waals surface area contributed by atoms with Crippen molar-refractivity contribution in [2.75, 3.05) is 13.3 Å². The van der Waals surface area contributed by atoms with Crippen molar-refractivity contribution in [1.29, 1.82) is 0 Å². The highest BCUT2D eigenvalue weighted by atomic mass is 16.6. The molecule has 11 heteroatoms. The molecule has 1 fully saturated rings. The van der Waals surface area contributed by atoms with Gasteiger partial charge in [-0.05, 0) is 0 Å². The van der Waals surface area contributed by atoms with Gasteiger partial charge in [0.2, 0.25) is 5.96 Å². The molecule has 11 nitrogen and oxygen atoms in total. The van der Waals surface area contributed by atoms with Gasteiger partial charge in [-0.15, -0.1) is 0 Å². The molecule has 2 aliphatic rings. The van der Waals surface area contributed by atoms with Crippen molar-refractivity contribution in [2.45, 2.75) is 24.5 Å². The maximum Gasteiger partial charge on any atom is 0.350 e. The number of aliphatic hydroxyl groups is 3. The summed E-state index contributed by atoms with van der Waals surface area (Å²) >= 11 is 0. The fraction of sp³-hybridized carbons (Fsp3) is 0.750. The van der Waals surface area contributed by atoms with Crippen LogP contribution in [0.4, 0.5) is 4.79 Å². The minimum absolute atomic E-state index is 0.224. The number of hydrogen-bond acceptors (Lipinski definition) is 9. The van der Waals surface area contributed by atoms with Crippen LogP contribution in [0.3, 0.4) is 0 Å². The molecule has 2 aliphatic heterocycles. The van der Waals surface area contributed by atoms with Gasteiger partial charge in [-0.25, -0.2) is 16.1 Å². The van der Waals surface area contributed by atoms with Crippen LogP contribution in [0, 0.1) is 0 Å². The van der Waals surface area contributed by atoms with Gasteiger partial charge >= 0.3 is 6.03 Å². The van der Waals surface area contributed by atoms with Crippen molar-refractivity contribution < 1.29 is 30.1 Å². The number of nitrogens with one attached hydrogen (secondary N) is 1. The monoisotopic (exact) mass is 277 g/mol. The maximum atomic E-state index is 11.7. The molecule has 0 aliphatic carbocycles. The van der Waals surface area contributed by atoms with E-state index in [9.17, 15) is 15.0 Å². The Bertz CT molecular complexity index is 392. The van der Waals surface area contributed by atoms with E-state index in [-0.39, 0.29) is 12.6 Å². The third kappa shape index (κ3) is 2.34. The Labute approximate surface area is 107 Å². The van der Waals surface area contributed by atoms with Crippen molar-refractivity contribution in [1.82, 2.24) is 15.4 Å². The third-order valence-corrected chi connectivity index (χ3v) is 2.95. The van der Waals surface area contributed by atoms with Crippen LogP contribution in [0.25, 0.3) is 0 Å². The van der Waals surface area contributed by atoms with Crippen LogP contribution in [0.2, 0.25) is 0 Å². The first-order valence-electron chi connectivity index (χ1n) is 5.43. The number of hydroxylamine groups is 1. The number of ether oxygens (including phenoxy) is 1.